The predicted molar refractivity (Wildman–Crippen MR) is 89.4 cm³/mol. The van der Waals surface area contributed by atoms with Crippen molar-refractivity contribution < 1.29 is 14.3 Å². The molecule has 1 aromatic heterocycles. The molecule has 3 rings (SSSR count). The van der Waals surface area contributed by atoms with E-state index in [0.29, 0.717) is 5.92 Å². The molecule has 1 saturated heterocycles. The first-order valence-electron chi connectivity index (χ1n) is 8.05. The summed E-state index contributed by atoms with van der Waals surface area (Å²) in [6.45, 7) is 1.49. The summed E-state index contributed by atoms with van der Waals surface area (Å²) in [5, 5.41) is 1.10. The average molecular weight is 316 g/mol. The van der Waals surface area contributed by atoms with Gasteiger partial charge in [-0.2, -0.15) is 0 Å². The Hall–Kier alpha value is -1.85. The number of ether oxygens (including phenoxy) is 2. The summed E-state index contributed by atoms with van der Waals surface area (Å²) in [5.74, 6) is 0.454. The Bertz CT molecular complexity index is 683. The number of piperidine rings is 1. The maximum atomic E-state index is 12.8. The number of likely N-dealkylation sites (tertiary alicyclic amines) is 1. The van der Waals surface area contributed by atoms with Gasteiger partial charge in [0.15, 0.2) is 6.29 Å². The van der Waals surface area contributed by atoms with Crippen molar-refractivity contribution in [2.24, 2.45) is 13.0 Å². The number of methoxy groups -OCH3 is 2. The van der Waals surface area contributed by atoms with E-state index in [1.54, 1.807) is 14.2 Å². The lowest BCUT2D eigenvalue weighted by Crippen LogP contribution is -2.42. The average Bonchev–Trinajstić information content (AvgIpc) is 2.93. The van der Waals surface area contributed by atoms with E-state index < -0.39 is 0 Å². The van der Waals surface area contributed by atoms with Crippen molar-refractivity contribution >= 4 is 16.8 Å². The third kappa shape index (κ3) is 2.99. The van der Waals surface area contributed by atoms with Crippen molar-refractivity contribution in [3.63, 3.8) is 0 Å². The smallest absolute Gasteiger partial charge is 0.270 e. The zero-order chi connectivity index (χ0) is 16.4. The Morgan fingerprint density at radius 2 is 1.83 bits per heavy atom. The van der Waals surface area contributed by atoms with Crippen LogP contribution < -0.4 is 0 Å². The Morgan fingerprint density at radius 3 is 2.43 bits per heavy atom. The molecule has 0 bridgehead atoms. The van der Waals surface area contributed by atoms with Gasteiger partial charge in [-0.25, -0.2) is 0 Å². The molecule has 0 radical (unpaired) electrons. The largest absolute Gasteiger partial charge is 0.356 e. The van der Waals surface area contributed by atoms with Gasteiger partial charge in [0.1, 0.15) is 5.69 Å². The molecule has 1 aromatic carbocycles. The fraction of sp³-hybridized carbons (Fsp3) is 0.500. The number of para-hydroxylation sites is 1. The summed E-state index contributed by atoms with van der Waals surface area (Å²) in [5.41, 5.74) is 1.84. The molecule has 0 saturated carbocycles. The van der Waals surface area contributed by atoms with E-state index >= 15 is 0 Å². The van der Waals surface area contributed by atoms with Crippen molar-refractivity contribution in [2.45, 2.75) is 19.1 Å². The highest BCUT2D eigenvalue weighted by Crippen LogP contribution is 2.25. The second-order valence-electron chi connectivity index (χ2n) is 6.12. The maximum Gasteiger partial charge on any atom is 0.270 e. The van der Waals surface area contributed by atoms with Crippen LogP contribution in [0.1, 0.15) is 23.3 Å². The number of rotatable bonds is 4. The molecule has 2 heterocycles. The van der Waals surface area contributed by atoms with E-state index in [4.69, 9.17) is 9.47 Å². The molecule has 0 N–H and O–H groups in total. The van der Waals surface area contributed by atoms with E-state index in [9.17, 15) is 4.79 Å². The van der Waals surface area contributed by atoms with Gasteiger partial charge < -0.3 is 18.9 Å². The number of aryl methyl sites for hydroxylation is 1. The van der Waals surface area contributed by atoms with Crippen LogP contribution in [-0.4, -0.2) is 49.0 Å². The number of amides is 1. The quantitative estimate of drug-likeness (QED) is 0.815. The maximum absolute atomic E-state index is 12.8. The third-order valence-electron chi connectivity index (χ3n) is 4.85. The topological polar surface area (TPSA) is 43.7 Å². The predicted octanol–water partition coefficient (Wildman–Crippen LogP) is 2.65. The van der Waals surface area contributed by atoms with Gasteiger partial charge >= 0.3 is 0 Å². The molecule has 0 atom stereocenters. The van der Waals surface area contributed by atoms with Gasteiger partial charge in [0, 0.05) is 51.2 Å². The van der Waals surface area contributed by atoms with Crippen molar-refractivity contribution in [1.82, 2.24) is 9.47 Å². The molecule has 1 aliphatic heterocycles. The number of fused-ring (bicyclic) bond motifs is 1. The van der Waals surface area contributed by atoms with Crippen LogP contribution in [0.5, 0.6) is 0 Å². The fourth-order valence-corrected chi connectivity index (χ4v) is 3.51. The molecule has 124 valence electrons. The number of carbonyl (C=O) groups is 1. The van der Waals surface area contributed by atoms with Crippen LogP contribution >= 0.6 is 0 Å². The number of benzene rings is 1. The molecule has 5 nitrogen and oxygen atoms in total. The van der Waals surface area contributed by atoms with Crippen LogP contribution in [0.15, 0.2) is 30.3 Å². The zero-order valence-electron chi connectivity index (χ0n) is 14.0. The van der Waals surface area contributed by atoms with E-state index in [1.165, 1.54) is 0 Å². The Morgan fingerprint density at radius 1 is 1.17 bits per heavy atom. The van der Waals surface area contributed by atoms with Crippen LogP contribution in [0.4, 0.5) is 0 Å². The minimum Gasteiger partial charge on any atom is -0.356 e. The first-order valence-corrected chi connectivity index (χ1v) is 8.05. The highest BCUT2D eigenvalue weighted by Gasteiger charge is 2.29. The highest BCUT2D eigenvalue weighted by molar-refractivity contribution is 5.98. The van der Waals surface area contributed by atoms with E-state index in [0.717, 1.165) is 42.5 Å². The summed E-state index contributed by atoms with van der Waals surface area (Å²) < 4.78 is 12.7. The van der Waals surface area contributed by atoms with Crippen molar-refractivity contribution in [3.8, 4) is 0 Å². The molecular formula is C18H24N2O3. The van der Waals surface area contributed by atoms with Gasteiger partial charge in [-0.05, 0) is 25.0 Å². The standard InChI is InChI=1S/C18H24N2O3/c1-19-15-7-5-4-6-14(15)12-16(19)17(21)20-10-8-13(9-11-20)18(22-2)23-3/h4-7,12-13,18H,8-11H2,1-3H3. The first kappa shape index (κ1) is 16.0. The molecule has 5 heteroatoms. The zero-order valence-corrected chi connectivity index (χ0v) is 14.0. The minimum absolute atomic E-state index is 0.105. The molecule has 1 aliphatic rings. The van der Waals surface area contributed by atoms with Crippen LogP contribution in [-0.2, 0) is 16.5 Å². The van der Waals surface area contributed by atoms with Gasteiger partial charge in [0.25, 0.3) is 5.91 Å². The number of hydrogen-bond donors (Lipinski definition) is 0. The normalized spacial score (nSPS) is 16.4. The number of carbonyl (C=O) groups excluding carboxylic acids is 1. The van der Waals surface area contributed by atoms with E-state index in [-0.39, 0.29) is 12.2 Å². The molecule has 0 unspecified atom stereocenters. The minimum atomic E-state index is -0.176. The Balaban J connectivity index is 1.73. The Kier molecular flexibility index (Phi) is 4.68. The van der Waals surface area contributed by atoms with Crippen molar-refractivity contribution in [3.05, 3.63) is 36.0 Å². The molecule has 1 fully saturated rings. The second-order valence-corrected chi connectivity index (χ2v) is 6.12. The molecule has 1 amide bonds. The van der Waals surface area contributed by atoms with E-state index in [1.807, 2.05) is 46.8 Å². The number of nitrogens with zero attached hydrogens (tertiary/aromatic N) is 2. The van der Waals surface area contributed by atoms with Gasteiger partial charge in [0.2, 0.25) is 0 Å². The van der Waals surface area contributed by atoms with Crippen molar-refractivity contribution in [2.75, 3.05) is 27.3 Å². The highest BCUT2D eigenvalue weighted by atomic mass is 16.7. The molecule has 23 heavy (non-hydrogen) atoms. The third-order valence-corrected chi connectivity index (χ3v) is 4.85. The second kappa shape index (κ2) is 6.72. The van der Waals surface area contributed by atoms with Gasteiger partial charge in [-0.15, -0.1) is 0 Å². The van der Waals surface area contributed by atoms with Gasteiger partial charge in [-0.1, -0.05) is 18.2 Å². The Labute approximate surface area is 136 Å². The first-order chi connectivity index (χ1) is 11.2. The van der Waals surface area contributed by atoms with Crippen molar-refractivity contribution in [1.29, 1.82) is 0 Å². The molecular weight excluding hydrogens is 292 g/mol. The lowest BCUT2D eigenvalue weighted by molar-refractivity contribution is -0.145. The molecule has 0 spiro atoms. The molecule has 2 aromatic rings. The van der Waals surface area contributed by atoms with Gasteiger partial charge in [0.05, 0.1) is 0 Å². The summed E-state index contributed by atoms with van der Waals surface area (Å²) in [6, 6.07) is 10.1. The van der Waals surface area contributed by atoms with Crippen LogP contribution in [0.25, 0.3) is 10.9 Å². The fourth-order valence-electron chi connectivity index (χ4n) is 3.51. The van der Waals surface area contributed by atoms with Gasteiger partial charge in [-0.3, -0.25) is 4.79 Å². The monoisotopic (exact) mass is 316 g/mol. The van der Waals surface area contributed by atoms with Crippen LogP contribution in [0.3, 0.4) is 0 Å². The number of aromatic nitrogens is 1. The lowest BCUT2D eigenvalue weighted by Gasteiger charge is -2.34. The van der Waals surface area contributed by atoms with Crippen LogP contribution in [0.2, 0.25) is 0 Å². The summed E-state index contributed by atoms with van der Waals surface area (Å²) in [6.07, 6.45) is 1.63. The summed E-state index contributed by atoms with van der Waals surface area (Å²) in [7, 11) is 5.29. The summed E-state index contributed by atoms with van der Waals surface area (Å²) in [4.78, 5) is 14.8. The van der Waals surface area contributed by atoms with Crippen LogP contribution in [0, 0.1) is 5.92 Å². The number of hydrogen-bond acceptors (Lipinski definition) is 3. The summed E-state index contributed by atoms with van der Waals surface area (Å²) >= 11 is 0. The molecule has 0 aliphatic carbocycles. The van der Waals surface area contributed by atoms with E-state index in [2.05, 4.69) is 0 Å². The SMILES string of the molecule is COC(OC)C1CCN(C(=O)c2cc3ccccc3n2C)CC1. The lowest BCUT2D eigenvalue weighted by atomic mass is 9.96.